The van der Waals surface area contributed by atoms with Gasteiger partial charge in [0.2, 0.25) is 0 Å². The van der Waals surface area contributed by atoms with Gasteiger partial charge in [-0.3, -0.25) is 4.79 Å². The first-order valence-electron chi connectivity index (χ1n) is 8.52. The molecule has 0 aliphatic heterocycles. The van der Waals surface area contributed by atoms with Crippen LogP contribution in [0.1, 0.15) is 12.5 Å². The molecular weight excluding hydrogens is 364 g/mol. The van der Waals surface area contributed by atoms with Crippen molar-refractivity contribution in [2.24, 2.45) is 5.10 Å². The second-order valence-corrected chi connectivity index (χ2v) is 6.10. The van der Waals surface area contributed by atoms with Crippen LogP contribution in [0.15, 0.2) is 65.8 Å². The number of carbonyl (C=O) groups excluding carboxylic acids is 1. The highest BCUT2D eigenvalue weighted by Gasteiger charge is 2.07. The minimum absolute atomic E-state index is 0.146. The van der Waals surface area contributed by atoms with Gasteiger partial charge in [-0.05, 0) is 48.0 Å². The Bertz CT molecular complexity index is 955. The van der Waals surface area contributed by atoms with E-state index in [0.29, 0.717) is 23.1 Å². The molecule has 0 atom stereocenters. The smallest absolute Gasteiger partial charge is 0.277 e. The van der Waals surface area contributed by atoms with Gasteiger partial charge >= 0.3 is 0 Å². The maximum atomic E-state index is 11.9. The van der Waals surface area contributed by atoms with Crippen molar-refractivity contribution in [3.05, 3.63) is 71.2 Å². The first kappa shape index (κ1) is 18.7. The van der Waals surface area contributed by atoms with Crippen LogP contribution >= 0.6 is 11.6 Å². The third kappa shape index (κ3) is 4.99. The molecule has 0 unspecified atom stereocenters. The summed E-state index contributed by atoms with van der Waals surface area (Å²) >= 11 is 5.81. The Hall–Kier alpha value is -3.05. The van der Waals surface area contributed by atoms with Crippen molar-refractivity contribution in [3.8, 4) is 11.5 Å². The predicted molar refractivity (Wildman–Crippen MR) is 108 cm³/mol. The molecule has 5 nitrogen and oxygen atoms in total. The number of ether oxygens (including phenoxy) is 2. The molecule has 3 aromatic carbocycles. The molecule has 3 aromatic rings. The van der Waals surface area contributed by atoms with Gasteiger partial charge in [0.1, 0.15) is 11.5 Å². The first-order chi connectivity index (χ1) is 13.2. The van der Waals surface area contributed by atoms with Crippen LogP contribution in [-0.4, -0.2) is 25.3 Å². The third-order valence-electron chi connectivity index (χ3n) is 3.80. The molecule has 1 N–H and O–H groups in total. The molecule has 0 fully saturated rings. The first-order valence-corrected chi connectivity index (χ1v) is 8.90. The largest absolute Gasteiger partial charge is 0.493 e. The molecule has 0 saturated heterocycles. The van der Waals surface area contributed by atoms with Gasteiger partial charge < -0.3 is 9.47 Å². The van der Waals surface area contributed by atoms with E-state index in [9.17, 15) is 4.79 Å². The number of fused-ring (bicyclic) bond motifs is 1. The molecule has 0 bridgehead atoms. The van der Waals surface area contributed by atoms with Crippen LogP contribution in [0.5, 0.6) is 11.5 Å². The Morgan fingerprint density at radius 3 is 2.63 bits per heavy atom. The topological polar surface area (TPSA) is 59.9 Å². The molecule has 0 spiro atoms. The van der Waals surface area contributed by atoms with Crippen LogP contribution in [-0.2, 0) is 4.79 Å². The Balaban J connectivity index is 1.67. The molecule has 0 aliphatic rings. The predicted octanol–water partition coefficient (Wildman–Crippen LogP) is 4.42. The zero-order chi connectivity index (χ0) is 19.1. The average Bonchev–Trinajstić information content (AvgIpc) is 2.69. The maximum absolute atomic E-state index is 11.9. The second kappa shape index (κ2) is 9.05. The summed E-state index contributed by atoms with van der Waals surface area (Å²) in [4.78, 5) is 11.9. The molecule has 0 heterocycles. The highest BCUT2D eigenvalue weighted by Crippen LogP contribution is 2.26. The van der Waals surface area contributed by atoms with Crippen LogP contribution in [0, 0.1) is 0 Å². The number of hydrogen-bond acceptors (Lipinski definition) is 4. The van der Waals surface area contributed by atoms with E-state index in [-0.39, 0.29) is 12.5 Å². The highest BCUT2D eigenvalue weighted by atomic mass is 35.5. The molecule has 0 aliphatic carbocycles. The number of nitrogens with one attached hydrogen (secondary N) is 1. The molecule has 0 radical (unpaired) electrons. The Morgan fingerprint density at radius 2 is 1.85 bits per heavy atom. The zero-order valence-corrected chi connectivity index (χ0v) is 15.6. The summed E-state index contributed by atoms with van der Waals surface area (Å²) in [5, 5.41) is 6.73. The molecule has 1 amide bonds. The Morgan fingerprint density at radius 1 is 1.07 bits per heavy atom. The number of carbonyl (C=O) groups is 1. The highest BCUT2D eigenvalue weighted by molar-refractivity contribution is 6.30. The van der Waals surface area contributed by atoms with Gasteiger partial charge in [0, 0.05) is 10.6 Å². The van der Waals surface area contributed by atoms with Crippen LogP contribution < -0.4 is 14.9 Å². The minimum atomic E-state index is -0.362. The molecule has 138 valence electrons. The number of benzene rings is 3. The van der Waals surface area contributed by atoms with E-state index in [0.717, 1.165) is 16.3 Å². The van der Waals surface area contributed by atoms with Gasteiger partial charge in [-0.25, -0.2) is 5.43 Å². The standard InChI is InChI=1S/C21H19ClN2O3/c1-2-26-20-12-7-15-5-3-4-6-18(15)19(20)13-23-24-21(25)14-27-17-10-8-16(22)9-11-17/h3-13H,2,14H2,1H3,(H,24,25)/b23-13+. The van der Waals surface area contributed by atoms with Crippen molar-refractivity contribution < 1.29 is 14.3 Å². The SMILES string of the molecule is CCOc1ccc2ccccc2c1/C=N/NC(=O)COc1ccc(Cl)cc1. The molecule has 6 heteroatoms. The lowest BCUT2D eigenvalue weighted by Gasteiger charge is -2.10. The van der Waals surface area contributed by atoms with Gasteiger partial charge in [-0.15, -0.1) is 0 Å². The van der Waals surface area contributed by atoms with E-state index in [1.54, 1.807) is 30.5 Å². The minimum Gasteiger partial charge on any atom is -0.493 e. The van der Waals surface area contributed by atoms with Gasteiger partial charge in [0.15, 0.2) is 6.61 Å². The molecule has 0 aromatic heterocycles. The fraction of sp³-hybridized carbons (Fsp3) is 0.143. The van der Waals surface area contributed by atoms with E-state index in [4.69, 9.17) is 21.1 Å². The van der Waals surface area contributed by atoms with Crippen molar-refractivity contribution in [2.45, 2.75) is 6.92 Å². The number of hydrogen-bond donors (Lipinski definition) is 1. The number of rotatable bonds is 7. The lowest BCUT2D eigenvalue weighted by molar-refractivity contribution is -0.123. The zero-order valence-electron chi connectivity index (χ0n) is 14.8. The van der Waals surface area contributed by atoms with Crippen molar-refractivity contribution in [3.63, 3.8) is 0 Å². The van der Waals surface area contributed by atoms with Crippen LogP contribution in [0.25, 0.3) is 10.8 Å². The molecule has 3 rings (SSSR count). The molecule has 0 saturated carbocycles. The van der Waals surface area contributed by atoms with E-state index < -0.39 is 0 Å². The number of nitrogens with zero attached hydrogens (tertiary/aromatic N) is 1. The fourth-order valence-electron chi connectivity index (χ4n) is 2.57. The summed E-state index contributed by atoms with van der Waals surface area (Å²) in [7, 11) is 0. The normalized spacial score (nSPS) is 10.9. The number of hydrazone groups is 1. The van der Waals surface area contributed by atoms with E-state index >= 15 is 0 Å². The Labute approximate surface area is 162 Å². The van der Waals surface area contributed by atoms with Crippen molar-refractivity contribution in [2.75, 3.05) is 13.2 Å². The summed E-state index contributed by atoms with van der Waals surface area (Å²) in [6.07, 6.45) is 1.59. The molecule has 27 heavy (non-hydrogen) atoms. The van der Waals surface area contributed by atoms with Gasteiger partial charge in [0.05, 0.1) is 12.8 Å². The van der Waals surface area contributed by atoms with Crippen molar-refractivity contribution in [1.82, 2.24) is 5.43 Å². The van der Waals surface area contributed by atoms with Gasteiger partial charge in [0.25, 0.3) is 5.91 Å². The summed E-state index contributed by atoms with van der Waals surface area (Å²) < 4.78 is 11.1. The Kier molecular flexibility index (Phi) is 6.28. The summed E-state index contributed by atoms with van der Waals surface area (Å²) in [6.45, 7) is 2.32. The van der Waals surface area contributed by atoms with E-state index in [2.05, 4.69) is 10.5 Å². The monoisotopic (exact) mass is 382 g/mol. The average molecular weight is 383 g/mol. The van der Waals surface area contributed by atoms with Crippen LogP contribution in [0.2, 0.25) is 5.02 Å². The van der Waals surface area contributed by atoms with Crippen molar-refractivity contribution in [1.29, 1.82) is 0 Å². The third-order valence-corrected chi connectivity index (χ3v) is 4.05. The maximum Gasteiger partial charge on any atom is 0.277 e. The van der Waals surface area contributed by atoms with Gasteiger partial charge in [-0.1, -0.05) is 41.9 Å². The summed E-state index contributed by atoms with van der Waals surface area (Å²) in [5.74, 6) is 0.914. The molecular formula is C21H19ClN2O3. The van der Waals surface area contributed by atoms with Crippen LogP contribution in [0.4, 0.5) is 0 Å². The van der Waals surface area contributed by atoms with Crippen LogP contribution in [0.3, 0.4) is 0 Å². The fourth-order valence-corrected chi connectivity index (χ4v) is 2.70. The number of amides is 1. The van der Waals surface area contributed by atoms with E-state index in [1.807, 2.05) is 43.3 Å². The van der Waals surface area contributed by atoms with E-state index in [1.165, 1.54) is 0 Å². The summed E-state index contributed by atoms with van der Waals surface area (Å²) in [5.41, 5.74) is 3.28. The van der Waals surface area contributed by atoms with Gasteiger partial charge in [-0.2, -0.15) is 5.10 Å². The van der Waals surface area contributed by atoms with Crippen molar-refractivity contribution >= 4 is 34.5 Å². The number of halogens is 1. The summed E-state index contributed by atoms with van der Waals surface area (Å²) in [6, 6.07) is 18.6. The quantitative estimate of drug-likeness (QED) is 0.486. The second-order valence-electron chi connectivity index (χ2n) is 5.67. The lowest BCUT2D eigenvalue weighted by atomic mass is 10.0. The lowest BCUT2D eigenvalue weighted by Crippen LogP contribution is -2.24.